The van der Waals surface area contributed by atoms with Crippen LogP contribution < -0.4 is 9.64 Å². The molecule has 7 heteroatoms. The average Bonchev–Trinajstić information content (AvgIpc) is 2.61. The zero-order chi connectivity index (χ0) is 17.7. The minimum atomic E-state index is -0.472. The molecule has 0 N–H and O–H groups in total. The van der Waals surface area contributed by atoms with E-state index in [0.29, 0.717) is 12.5 Å². The van der Waals surface area contributed by atoms with Gasteiger partial charge >= 0.3 is 0 Å². The zero-order valence-corrected chi connectivity index (χ0v) is 17.2. The maximum atomic E-state index is 6.15. The van der Waals surface area contributed by atoms with E-state index in [1.807, 2.05) is 19.9 Å². The lowest BCUT2D eigenvalue weighted by Crippen LogP contribution is -2.38. The second-order valence-corrected chi connectivity index (χ2v) is 8.30. The van der Waals surface area contributed by atoms with E-state index in [1.54, 1.807) is 0 Å². The number of anilines is 1. The van der Waals surface area contributed by atoms with Gasteiger partial charge in [0.2, 0.25) is 5.88 Å². The summed E-state index contributed by atoms with van der Waals surface area (Å²) < 4.78 is 24.2. The molecule has 3 rings (SSSR count). The van der Waals surface area contributed by atoms with Gasteiger partial charge in [-0.15, -0.1) is 0 Å². The van der Waals surface area contributed by atoms with Gasteiger partial charge in [-0.1, -0.05) is 0 Å². The Kier molecular flexibility index (Phi) is 6.76. The van der Waals surface area contributed by atoms with Crippen molar-refractivity contribution in [1.82, 2.24) is 4.98 Å². The van der Waals surface area contributed by atoms with Gasteiger partial charge in [-0.3, -0.25) is 0 Å². The highest BCUT2D eigenvalue weighted by Crippen LogP contribution is 2.25. The number of aromatic nitrogens is 1. The van der Waals surface area contributed by atoms with Gasteiger partial charge in [0.15, 0.2) is 6.29 Å². The Morgan fingerprint density at radius 2 is 2.04 bits per heavy atom. The first-order chi connectivity index (χ1) is 12.0. The molecule has 2 fully saturated rings. The Hall–Kier alpha value is -0.640. The summed E-state index contributed by atoms with van der Waals surface area (Å²) in [5, 5.41) is 0. The van der Waals surface area contributed by atoms with Gasteiger partial charge in [-0.05, 0) is 61.8 Å². The SMILES string of the molecule is CC(C)(COC1CCCCO1)Oc1cc(I)cc(N2CCOCC2)n1. The van der Waals surface area contributed by atoms with Crippen LogP contribution >= 0.6 is 22.6 Å². The second kappa shape index (κ2) is 8.83. The highest BCUT2D eigenvalue weighted by atomic mass is 127. The molecule has 2 aliphatic heterocycles. The third-order valence-corrected chi connectivity index (χ3v) is 4.85. The molecule has 0 spiro atoms. The molecule has 1 atom stereocenters. The predicted octanol–water partition coefficient (Wildman–Crippen LogP) is 3.22. The van der Waals surface area contributed by atoms with Crippen LogP contribution in [-0.2, 0) is 14.2 Å². The Balaban J connectivity index is 1.60. The minimum absolute atomic E-state index is 0.107. The van der Waals surface area contributed by atoms with Crippen molar-refractivity contribution in [3.05, 3.63) is 15.7 Å². The summed E-state index contributed by atoms with van der Waals surface area (Å²) in [6, 6.07) is 4.04. The van der Waals surface area contributed by atoms with Gasteiger partial charge < -0.3 is 23.8 Å². The zero-order valence-electron chi connectivity index (χ0n) is 15.0. The van der Waals surface area contributed by atoms with E-state index in [4.69, 9.17) is 23.9 Å². The Labute approximate surface area is 163 Å². The van der Waals surface area contributed by atoms with Crippen molar-refractivity contribution in [3.63, 3.8) is 0 Å². The van der Waals surface area contributed by atoms with E-state index >= 15 is 0 Å². The average molecular weight is 462 g/mol. The van der Waals surface area contributed by atoms with Crippen LogP contribution in [0.5, 0.6) is 5.88 Å². The number of morpholine rings is 1. The number of ether oxygens (including phenoxy) is 4. The fourth-order valence-electron chi connectivity index (χ4n) is 2.92. The third-order valence-electron chi connectivity index (χ3n) is 4.22. The lowest BCUT2D eigenvalue weighted by molar-refractivity contribution is -0.183. The normalized spacial score (nSPS) is 22.0. The summed E-state index contributed by atoms with van der Waals surface area (Å²) in [6.07, 6.45) is 3.13. The third kappa shape index (κ3) is 5.94. The van der Waals surface area contributed by atoms with Crippen LogP contribution in [0, 0.1) is 3.57 Å². The van der Waals surface area contributed by atoms with Crippen molar-refractivity contribution in [1.29, 1.82) is 0 Å². The van der Waals surface area contributed by atoms with Crippen LogP contribution in [0.4, 0.5) is 5.82 Å². The maximum Gasteiger partial charge on any atom is 0.216 e. The first-order valence-electron chi connectivity index (χ1n) is 8.94. The standard InChI is InChI=1S/C18H27IN2O4/c1-18(2,13-24-17-5-3-4-8-23-17)25-16-12-14(19)11-15(20-16)21-6-9-22-10-7-21/h11-12,17H,3-10,13H2,1-2H3. The van der Waals surface area contributed by atoms with E-state index in [-0.39, 0.29) is 6.29 Å². The molecule has 0 amide bonds. The molecule has 0 radical (unpaired) electrons. The number of nitrogens with zero attached hydrogens (tertiary/aromatic N) is 2. The molecule has 0 bridgehead atoms. The summed E-state index contributed by atoms with van der Waals surface area (Å²) in [6.45, 7) is 8.49. The molecular formula is C18H27IN2O4. The van der Waals surface area contributed by atoms with E-state index in [9.17, 15) is 0 Å². The number of hydrogen-bond donors (Lipinski definition) is 0. The summed E-state index contributed by atoms with van der Waals surface area (Å²) in [7, 11) is 0. The van der Waals surface area contributed by atoms with Gasteiger partial charge in [0.1, 0.15) is 11.4 Å². The number of pyridine rings is 1. The van der Waals surface area contributed by atoms with Crippen molar-refractivity contribution >= 4 is 28.4 Å². The second-order valence-electron chi connectivity index (χ2n) is 7.05. The van der Waals surface area contributed by atoms with E-state index in [2.05, 4.69) is 33.6 Å². The number of halogens is 1. The van der Waals surface area contributed by atoms with Crippen LogP contribution in [0.2, 0.25) is 0 Å². The summed E-state index contributed by atoms with van der Waals surface area (Å²) in [5.74, 6) is 1.57. The molecule has 1 aromatic rings. The molecule has 140 valence electrons. The van der Waals surface area contributed by atoms with Gasteiger partial charge in [-0.2, -0.15) is 4.98 Å². The van der Waals surface area contributed by atoms with Crippen LogP contribution in [0.3, 0.4) is 0 Å². The van der Waals surface area contributed by atoms with Crippen molar-refractivity contribution < 1.29 is 18.9 Å². The molecular weight excluding hydrogens is 435 g/mol. The van der Waals surface area contributed by atoms with Gasteiger partial charge in [0, 0.05) is 29.3 Å². The Morgan fingerprint density at radius 3 is 2.76 bits per heavy atom. The van der Waals surface area contributed by atoms with Gasteiger partial charge in [0.25, 0.3) is 0 Å². The molecule has 0 saturated carbocycles. The smallest absolute Gasteiger partial charge is 0.216 e. The highest BCUT2D eigenvalue weighted by Gasteiger charge is 2.25. The van der Waals surface area contributed by atoms with Crippen LogP contribution in [0.15, 0.2) is 12.1 Å². The van der Waals surface area contributed by atoms with Crippen molar-refractivity contribution in [3.8, 4) is 5.88 Å². The molecule has 3 heterocycles. The first-order valence-corrected chi connectivity index (χ1v) is 10.0. The number of rotatable bonds is 6. The molecule has 6 nitrogen and oxygen atoms in total. The molecule has 0 aliphatic carbocycles. The van der Waals surface area contributed by atoms with E-state index in [0.717, 1.165) is 61.6 Å². The van der Waals surface area contributed by atoms with E-state index < -0.39 is 5.60 Å². The van der Waals surface area contributed by atoms with Crippen LogP contribution in [-0.4, -0.2) is 56.4 Å². The molecule has 1 unspecified atom stereocenters. The summed E-state index contributed by atoms with van der Waals surface area (Å²) in [4.78, 5) is 6.93. The van der Waals surface area contributed by atoms with E-state index in [1.165, 1.54) is 0 Å². The molecule has 2 saturated heterocycles. The lowest BCUT2D eigenvalue weighted by Gasteiger charge is -2.31. The highest BCUT2D eigenvalue weighted by molar-refractivity contribution is 14.1. The maximum absolute atomic E-state index is 6.15. The Bertz CT molecular complexity index is 558. The quantitative estimate of drug-likeness (QED) is 0.606. The van der Waals surface area contributed by atoms with Crippen molar-refractivity contribution in [2.75, 3.05) is 44.4 Å². The van der Waals surface area contributed by atoms with Gasteiger partial charge in [-0.25, -0.2) is 0 Å². The molecule has 0 aromatic carbocycles. The topological polar surface area (TPSA) is 53.0 Å². The van der Waals surface area contributed by atoms with Crippen molar-refractivity contribution in [2.45, 2.75) is 45.0 Å². The summed E-state index contributed by atoms with van der Waals surface area (Å²) >= 11 is 2.31. The Morgan fingerprint density at radius 1 is 1.24 bits per heavy atom. The molecule has 2 aliphatic rings. The molecule has 25 heavy (non-hydrogen) atoms. The fraction of sp³-hybridized carbons (Fsp3) is 0.722. The predicted molar refractivity (Wildman–Crippen MR) is 104 cm³/mol. The summed E-state index contributed by atoms with van der Waals surface area (Å²) in [5.41, 5.74) is -0.472. The van der Waals surface area contributed by atoms with Gasteiger partial charge in [0.05, 0.1) is 19.8 Å². The first kappa shape index (κ1) is 19.1. The van der Waals surface area contributed by atoms with Crippen LogP contribution in [0.1, 0.15) is 33.1 Å². The number of hydrogen-bond acceptors (Lipinski definition) is 6. The minimum Gasteiger partial charge on any atom is -0.469 e. The lowest BCUT2D eigenvalue weighted by atomic mass is 10.1. The largest absolute Gasteiger partial charge is 0.469 e. The fourth-order valence-corrected chi connectivity index (χ4v) is 3.46. The molecule has 1 aromatic heterocycles. The monoisotopic (exact) mass is 462 g/mol. The van der Waals surface area contributed by atoms with Crippen LogP contribution in [0.25, 0.3) is 0 Å². The van der Waals surface area contributed by atoms with Crippen molar-refractivity contribution in [2.24, 2.45) is 0 Å².